The second-order valence-electron chi connectivity index (χ2n) is 5.87. The Morgan fingerprint density at radius 1 is 1.58 bits per heavy atom. The van der Waals surface area contributed by atoms with Crippen molar-refractivity contribution < 1.29 is 9.52 Å². The largest absolute Gasteiger partial charge is 0.618 e. The maximum absolute atomic E-state index is 12.2. The fourth-order valence-corrected chi connectivity index (χ4v) is 4.88. The fourth-order valence-electron chi connectivity index (χ4n) is 2.78. The molecule has 1 aliphatic rings. The van der Waals surface area contributed by atoms with Crippen molar-refractivity contribution in [1.29, 1.82) is 5.26 Å². The summed E-state index contributed by atoms with van der Waals surface area (Å²) in [4.78, 5) is 13.4. The summed E-state index contributed by atoms with van der Waals surface area (Å²) in [6.07, 6.45) is 4.36. The van der Waals surface area contributed by atoms with Crippen LogP contribution in [0.25, 0.3) is 0 Å². The van der Waals surface area contributed by atoms with Crippen molar-refractivity contribution in [3.8, 4) is 6.07 Å². The average Bonchev–Trinajstić information content (AvgIpc) is 2.90. The van der Waals surface area contributed by atoms with Crippen molar-refractivity contribution >= 4 is 34.0 Å². The van der Waals surface area contributed by atoms with Gasteiger partial charge in [0, 0.05) is 17.0 Å². The van der Waals surface area contributed by atoms with Gasteiger partial charge in [0.25, 0.3) is 5.03 Å². The molecule has 2 heterocycles. The van der Waals surface area contributed by atoms with Gasteiger partial charge in [-0.2, -0.15) is 9.99 Å². The molecular formula is C17H17N3O2S2. The maximum Gasteiger partial charge on any atom is 0.251 e. The van der Waals surface area contributed by atoms with E-state index in [9.17, 15) is 15.3 Å². The number of carbonyl (C=O) groups is 1. The zero-order valence-corrected chi connectivity index (χ0v) is 14.9. The predicted octanol–water partition coefficient (Wildman–Crippen LogP) is 3.11. The lowest BCUT2D eigenvalue weighted by Gasteiger charge is -2.17. The number of fused-ring (bicyclic) bond motifs is 1. The summed E-state index contributed by atoms with van der Waals surface area (Å²) < 4.78 is 0.740. The van der Waals surface area contributed by atoms with Gasteiger partial charge in [-0.3, -0.25) is 4.79 Å². The summed E-state index contributed by atoms with van der Waals surface area (Å²) in [5, 5.41) is 25.0. The third-order valence-corrected chi connectivity index (χ3v) is 6.20. The summed E-state index contributed by atoms with van der Waals surface area (Å²) in [6, 6.07) is 7.33. The highest BCUT2D eigenvalue weighted by Gasteiger charge is 2.24. The molecule has 0 saturated carbocycles. The van der Waals surface area contributed by atoms with Crippen molar-refractivity contribution in [2.24, 2.45) is 5.92 Å². The molecule has 0 saturated heterocycles. The SMILES string of the molecule is C[C@@H]1CCc2c(sc(NC(=O)CSc3cccc[n+]3[O-])c2C#N)C1. The zero-order chi connectivity index (χ0) is 17.1. The molecule has 1 atom stereocenters. The molecule has 1 aliphatic carbocycles. The number of nitriles is 1. The molecule has 0 fully saturated rings. The topological polar surface area (TPSA) is 79.8 Å². The highest BCUT2D eigenvalue weighted by molar-refractivity contribution is 7.99. The molecule has 1 amide bonds. The number of thiophene rings is 1. The van der Waals surface area contributed by atoms with E-state index in [2.05, 4.69) is 18.3 Å². The zero-order valence-electron chi connectivity index (χ0n) is 13.2. The van der Waals surface area contributed by atoms with Gasteiger partial charge in [-0.25, -0.2) is 0 Å². The summed E-state index contributed by atoms with van der Waals surface area (Å²) in [6.45, 7) is 2.21. The quantitative estimate of drug-likeness (QED) is 0.517. The number of pyridine rings is 1. The van der Waals surface area contributed by atoms with Gasteiger partial charge in [0.15, 0.2) is 6.20 Å². The fraction of sp³-hybridized carbons (Fsp3) is 0.353. The minimum absolute atomic E-state index is 0.135. The minimum Gasteiger partial charge on any atom is -0.618 e. The molecule has 0 aromatic carbocycles. The second-order valence-corrected chi connectivity index (χ2v) is 7.97. The van der Waals surface area contributed by atoms with Crippen LogP contribution in [0.4, 0.5) is 5.00 Å². The standard InChI is InChI=1S/C17H17N3O2S2/c1-11-5-6-12-13(9-18)17(24-14(12)8-11)19-15(21)10-23-16-4-2-3-7-20(16)22/h2-4,7,11H,5-6,8,10H2,1H3,(H,19,21)/t11-/m1/s1. The normalized spacial score (nSPS) is 16.2. The van der Waals surface area contributed by atoms with Crippen LogP contribution in [-0.4, -0.2) is 11.7 Å². The molecule has 5 nitrogen and oxygen atoms in total. The summed E-state index contributed by atoms with van der Waals surface area (Å²) in [5.74, 6) is 0.551. The van der Waals surface area contributed by atoms with Crippen molar-refractivity contribution in [2.75, 3.05) is 11.1 Å². The molecule has 2 aromatic rings. The third-order valence-electron chi connectivity index (χ3n) is 4.02. The first-order valence-electron chi connectivity index (χ1n) is 7.74. The number of hydrogen-bond donors (Lipinski definition) is 1. The van der Waals surface area contributed by atoms with Gasteiger partial charge in [-0.05, 0) is 48.6 Å². The van der Waals surface area contributed by atoms with Crippen LogP contribution in [-0.2, 0) is 17.6 Å². The first-order valence-corrected chi connectivity index (χ1v) is 9.54. The molecule has 0 bridgehead atoms. The highest BCUT2D eigenvalue weighted by Crippen LogP contribution is 2.39. The summed E-state index contributed by atoms with van der Waals surface area (Å²) >= 11 is 2.70. The van der Waals surface area contributed by atoms with Crippen LogP contribution >= 0.6 is 23.1 Å². The van der Waals surface area contributed by atoms with Gasteiger partial charge >= 0.3 is 0 Å². The van der Waals surface area contributed by atoms with Crippen LogP contribution in [0, 0.1) is 22.5 Å². The number of hydrogen-bond acceptors (Lipinski definition) is 5. The van der Waals surface area contributed by atoms with E-state index in [0.717, 1.165) is 29.6 Å². The van der Waals surface area contributed by atoms with E-state index in [1.807, 2.05) is 0 Å². The van der Waals surface area contributed by atoms with Gasteiger partial charge < -0.3 is 10.5 Å². The maximum atomic E-state index is 12.2. The highest BCUT2D eigenvalue weighted by atomic mass is 32.2. The number of rotatable bonds is 4. The predicted molar refractivity (Wildman–Crippen MR) is 95.0 cm³/mol. The second kappa shape index (κ2) is 7.24. The van der Waals surface area contributed by atoms with Gasteiger partial charge in [-0.1, -0.05) is 6.92 Å². The van der Waals surface area contributed by atoms with Gasteiger partial charge in [0.2, 0.25) is 5.91 Å². The van der Waals surface area contributed by atoms with E-state index in [1.54, 1.807) is 18.2 Å². The van der Waals surface area contributed by atoms with E-state index >= 15 is 0 Å². The molecule has 0 aliphatic heterocycles. The van der Waals surface area contributed by atoms with E-state index in [-0.39, 0.29) is 11.7 Å². The Balaban J connectivity index is 1.69. The van der Waals surface area contributed by atoms with E-state index < -0.39 is 0 Å². The van der Waals surface area contributed by atoms with Crippen LogP contribution in [0.5, 0.6) is 0 Å². The van der Waals surface area contributed by atoms with Crippen molar-refractivity contribution in [1.82, 2.24) is 0 Å². The number of anilines is 1. The van der Waals surface area contributed by atoms with E-state index in [1.165, 1.54) is 34.2 Å². The Morgan fingerprint density at radius 2 is 2.42 bits per heavy atom. The lowest BCUT2D eigenvalue weighted by atomic mass is 9.89. The van der Waals surface area contributed by atoms with Gasteiger partial charge in [0.05, 0.1) is 11.3 Å². The van der Waals surface area contributed by atoms with Crippen molar-refractivity contribution in [3.63, 3.8) is 0 Å². The molecule has 24 heavy (non-hydrogen) atoms. The van der Waals surface area contributed by atoms with E-state index in [4.69, 9.17) is 0 Å². The molecule has 124 valence electrons. The molecule has 2 aromatic heterocycles. The van der Waals surface area contributed by atoms with E-state index in [0.29, 0.717) is 21.5 Å². The molecule has 0 spiro atoms. The molecule has 7 heteroatoms. The number of carbonyl (C=O) groups excluding carboxylic acids is 1. The third kappa shape index (κ3) is 3.55. The lowest BCUT2D eigenvalue weighted by molar-refractivity contribution is -0.645. The molecule has 0 unspecified atom stereocenters. The average molecular weight is 359 g/mol. The van der Waals surface area contributed by atoms with Gasteiger partial charge in [-0.15, -0.1) is 11.3 Å². The molecular weight excluding hydrogens is 342 g/mol. The number of nitrogens with one attached hydrogen (secondary N) is 1. The molecule has 0 radical (unpaired) electrons. The van der Waals surface area contributed by atoms with Crippen molar-refractivity contribution in [2.45, 2.75) is 31.2 Å². The smallest absolute Gasteiger partial charge is 0.251 e. The van der Waals surface area contributed by atoms with Crippen LogP contribution < -0.4 is 10.0 Å². The minimum atomic E-state index is -0.202. The summed E-state index contributed by atoms with van der Waals surface area (Å²) in [5.41, 5.74) is 1.71. The Labute approximate surface area is 148 Å². The Morgan fingerprint density at radius 3 is 3.17 bits per heavy atom. The number of aromatic nitrogens is 1. The molecule has 1 N–H and O–H groups in total. The Hall–Kier alpha value is -2.04. The molecule has 3 rings (SSSR count). The summed E-state index contributed by atoms with van der Waals surface area (Å²) in [7, 11) is 0. The Kier molecular flexibility index (Phi) is 5.07. The Bertz CT molecular complexity index is 811. The van der Waals surface area contributed by atoms with Crippen LogP contribution in [0.15, 0.2) is 29.4 Å². The number of thioether (sulfide) groups is 1. The first-order chi connectivity index (χ1) is 11.6. The number of amides is 1. The monoisotopic (exact) mass is 359 g/mol. The van der Waals surface area contributed by atoms with Crippen LogP contribution in [0.2, 0.25) is 0 Å². The van der Waals surface area contributed by atoms with Crippen molar-refractivity contribution in [3.05, 3.63) is 45.6 Å². The lowest BCUT2D eigenvalue weighted by Crippen LogP contribution is -2.28. The van der Waals surface area contributed by atoms with Crippen LogP contribution in [0.1, 0.15) is 29.3 Å². The van der Waals surface area contributed by atoms with Gasteiger partial charge in [0.1, 0.15) is 11.1 Å². The first kappa shape index (κ1) is 16.8. The number of nitrogens with zero attached hydrogens (tertiary/aromatic N) is 2. The van der Waals surface area contributed by atoms with Crippen LogP contribution in [0.3, 0.4) is 0 Å².